The molecule has 468 valence electrons. The second kappa shape index (κ2) is 68.8. The predicted octanol–water partition coefficient (Wildman–Crippen LogP) is 23.3. The number of esters is 1. The zero-order valence-electron chi connectivity index (χ0n) is 53.6. The Balaban J connectivity index is 3.33. The number of aliphatic hydroxyl groups is 2. The molecule has 3 N–H and O–H groups in total. The molecule has 0 fully saturated rings. The van der Waals surface area contributed by atoms with Gasteiger partial charge in [0.15, 0.2) is 0 Å². The molecule has 1 amide bonds. The van der Waals surface area contributed by atoms with E-state index in [1.54, 1.807) is 6.08 Å². The van der Waals surface area contributed by atoms with E-state index in [1.807, 2.05) is 6.08 Å². The summed E-state index contributed by atoms with van der Waals surface area (Å²) >= 11 is 0. The Morgan fingerprint density at radius 1 is 0.342 bits per heavy atom. The maximum Gasteiger partial charge on any atom is 0.305 e. The third-order valence-electron chi connectivity index (χ3n) is 17.0. The molecule has 0 spiro atoms. The molecule has 6 nitrogen and oxygen atoms in total. The number of carbonyl (C=O) groups excluding carboxylic acids is 2. The Kier molecular flexibility index (Phi) is 67.4. The Hall–Kier alpha value is -1.66. The molecule has 0 aliphatic carbocycles. The molecule has 0 saturated heterocycles. The van der Waals surface area contributed by atoms with Gasteiger partial charge in [-0.25, -0.2) is 0 Å². The van der Waals surface area contributed by atoms with Gasteiger partial charge in [0.1, 0.15) is 0 Å². The summed E-state index contributed by atoms with van der Waals surface area (Å²) in [5.41, 5.74) is 0. The van der Waals surface area contributed by atoms with E-state index in [2.05, 4.69) is 31.3 Å². The molecule has 0 aromatic carbocycles. The van der Waals surface area contributed by atoms with Gasteiger partial charge in [0.25, 0.3) is 0 Å². The van der Waals surface area contributed by atoms with Gasteiger partial charge in [-0.2, -0.15) is 0 Å². The fourth-order valence-electron chi connectivity index (χ4n) is 11.5. The molecule has 0 aliphatic heterocycles. The molecule has 0 rings (SSSR count). The number of rotatable bonds is 68. The van der Waals surface area contributed by atoms with Crippen molar-refractivity contribution in [1.29, 1.82) is 0 Å². The van der Waals surface area contributed by atoms with Gasteiger partial charge in [0, 0.05) is 12.8 Å². The van der Waals surface area contributed by atoms with Crippen LogP contribution >= 0.6 is 0 Å². The molecule has 0 saturated carbocycles. The second-order valence-corrected chi connectivity index (χ2v) is 24.9. The van der Waals surface area contributed by atoms with Crippen molar-refractivity contribution < 1.29 is 24.5 Å². The number of nitrogens with one attached hydrogen (secondary N) is 1. The summed E-state index contributed by atoms with van der Waals surface area (Å²) in [6.07, 6.45) is 87.1. The third-order valence-corrected chi connectivity index (χ3v) is 17.0. The minimum absolute atomic E-state index is 0.0230. The van der Waals surface area contributed by atoms with Crippen molar-refractivity contribution in [2.45, 2.75) is 418 Å². The molecule has 0 aliphatic rings. The first kappa shape index (κ1) is 77.3. The smallest absolute Gasteiger partial charge is 0.305 e. The highest BCUT2D eigenvalue weighted by Gasteiger charge is 2.18. The first-order chi connectivity index (χ1) is 39.0. The van der Waals surface area contributed by atoms with Crippen LogP contribution in [-0.4, -0.2) is 47.4 Å². The van der Waals surface area contributed by atoms with E-state index in [1.165, 1.54) is 340 Å². The number of carbonyl (C=O) groups is 2. The molecule has 0 heterocycles. The minimum Gasteiger partial charge on any atom is -0.466 e. The molecular weight excluding hydrogens is 971 g/mol. The van der Waals surface area contributed by atoms with E-state index < -0.39 is 12.1 Å². The van der Waals surface area contributed by atoms with Gasteiger partial charge in [-0.1, -0.05) is 359 Å². The predicted molar refractivity (Wildman–Crippen MR) is 347 cm³/mol. The van der Waals surface area contributed by atoms with Gasteiger partial charge in [-0.3, -0.25) is 9.59 Å². The monoisotopic (exact) mass is 1110 g/mol. The Morgan fingerprint density at radius 3 is 0.899 bits per heavy atom. The van der Waals surface area contributed by atoms with E-state index >= 15 is 0 Å². The number of hydrogen-bond acceptors (Lipinski definition) is 5. The van der Waals surface area contributed by atoms with Gasteiger partial charge in [-0.05, 0) is 57.8 Å². The van der Waals surface area contributed by atoms with Gasteiger partial charge in [0.2, 0.25) is 5.91 Å². The van der Waals surface area contributed by atoms with Gasteiger partial charge in [-0.15, -0.1) is 0 Å². The lowest BCUT2D eigenvalue weighted by atomic mass is 10.0. The first-order valence-corrected chi connectivity index (χ1v) is 36.1. The van der Waals surface area contributed by atoms with Crippen LogP contribution in [-0.2, 0) is 14.3 Å². The van der Waals surface area contributed by atoms with Crippen LogP contribution in [0.2, 0.25) is 0 Å². The van der Waals surface area contributed by atoms with Crippen LogP contribution in [0.3, 0.4) is 0 Å². The van der Waals surface area contributed by atoms with Crippen molar-refractivity contribution in [2.24, 2.45) is 0 Å². The van der Waals surface area contributed by atoms with E-state index in [4.69, 9.17) is 4.74 Å². The first-order valence-electron chi connectivity index (χ1n) is 36.1. The maximum atomic E-state index is 12.5. The van der Waals surface area contributed by atoms with E-state index in [-0.39, 0.29) is 18.5 Å². The number of ether oxygens (including phenoxy) is 1. The summed E-state index contributed by atoms with van der Waals surface area (Å²) in [7, 11) is 0. The van der Waals surface area contributed by atoms with Crippen molar-refractivity contribution in [3.8, 4) is 0 Å². The number of hydrogen-bond donors (Lipinski definition) is 3. The summed E-state index contributed by atoms with van der Waals surface area (Å²) in [4.78, 5) is 24.6. The average Bonchev–Trinajstić information content (AvgIpc) is 3.45. The zero-order chi connectivity index (χ0) is 57.1. The molecule has 0 aromatic rings. The fourth-order valence-corrected chi connectivity index (χ4v) is 11.5. The highest BCUT2D eigenvalue weighted by Crippen LogP contribution is 2.19. The van der Waals surface area contributed by atoms with Crippen LogP contribution in [0.1, 0.15) is 406 Å². The fraction of sp³-hybridized carbons (Fsp3) is 0.918. The van der Waals surface area contributed by atoms with Gasteiger partial charge >= 0.3 is 5.97 Å². The molecule has 2 atom stereocenters. The van der Waals surface area contributed by atoms with Crippen molar-refractivity contribution in [2.75, 3.05) is 13.2 Å². The number of amides is 1. The lowest BCUT2D eigenvalue weighted by Crippen LogP contribution is -2.45. The molecule has 79 heavy (non-hydrogen) atoms. The van der Waals surface area contributed by atoms with Gasteiger partial charge in [0.05, 0.1) is 25.4 Å². The topological polar surface area (TPSA) is 95.9 Å². The second-order valence-electron chi connectivity index (χ2n) is 24.9. The van der Waals surface area contributed by atoms with Crippen molar-refractivity contribution >= 4 is 11.9 Å². The van der Waals surface area contributed by atoms with Crippen molar-refractivity contribution in [3.63, 3.8) is 0 Å². The number of unbranched alkanes of at least 4 members (excludes halogenated alkanes) is 55. The molecule has 6 heteroatoms. The number of aliphatic hydroxyl groups excluding tert-OH is 2. The van der Waals surface area contributed by atoms with Crippen LogP contribution in [0.4, 0.5) is 0 Å². The van der Waals surface area contributed by atoms with Crippen LogP contribution in [0, 0.1) is 0 Å². The summed E-state index contributed by atoms with van der Waals surface area (Å²) in [5, 5.41) is 23.1. The lowest BCUT2D eigenvalue weighted by Gasteiger charge is -2.20. The van der Waals surface area contributed by atoms with Crippen LogP contribution in [0.15, 0.2) is 24.3 Å². The summed E-state index contributed by atoms with van der Waals surface area (Å²) in [5.74, 6) is -0.0407. The van der Waals surface area contributed by atoms with E-state index in [0.717, 1.165) is 38.5 Å². The molecule has 0 radical (unpaired) electrons. The maximum absolute atomic E-state index is 12.5. The highest BCUT2D eigenvalue weighted by molar-refractivity contribution is 5.76. The normalized spacial score (nSPS) is 12.6. The summed E-state index contributed by atoms with van der Waals surface area (Å²) in [6.45, 7) is 4.93. The molecule has 0 aromatic heterocycles. The van der Waals surface area contributed by atoms with E-state index in [9.17, 15) is 19.8 Å². The van der Waals surface area contributed by atoms with Crippen molar-refractivity contribution in [3.05, 3.63) is 24.3 Å². The molecule has 0 bridgehead atoms. The zero-order valence-corrected chi connectivity index (χ0v) is 53.6. The summed E-state index contributed by atoms with van der Waals surface area (Å²) < 4.78 is 5.51. The Morgan fingerprint density at radius 2 is 0.595 bits per heavy atom. The molecular formula is C73H141NO5. The largest absolute Gasteiger partial charge is 0.466 e. The minimum atomic E-state index is -0.841. The SMILES string of the molecule is CCCCCCCCCCCC/C=C/C(O)C(CO)NC(=O)CCCCCCCCCCCCCCCCCCC/C=C\CCCCCCCCCCCCCCOC(=O)CCCCCCCCCCCCCCCCCCC. The van der Waals surface area contributed by atoms with Crippen LogP contribution in [0.5, 0.6) is 0 Å². The highest BCUT2D eigenvalue weighted by atomic mass is 16.5. The van der Waals surface area contributed by atoms with Crippen LogP contribution < -0.4 is 5.32 Å². The van der Waals surface area contributed by atoms with Gasteiger partial charge < -0.3 is 20.3 Å². The lowest BCUT2D eigenvalue weighted by molar-refractivity contribution is -0.143. The third kappa shape index (κ3) is 65.4. The average molecular weight is 1110 g/mol. The Labute approximate surface area is 494 Å². The van der Waals surface area contributed by atoms with E-state index in [0.29, 0.717) is 19.4 Å². The quantitative estimate of drug-likeness (QED) is 0.0320. The molecule has 2 unspecified atom stereocenters. The number of allylic oxidation sites excluding steroid dienone is 3. The summed E-state index contributed by atoms with van der Waals surface area (Å²) in [6, 6.07) is -0.624. The van der Waals surface area contributed by atoms with Crippen molar-refractivity contribution in [1.82, 2.24) is 5.32 Å². The van der Waals surface area contributed by atoms with Crippen LogP contribution in [0.25, 0.3) is 0 Å². The Bertz CT molecular complexity index is 1230. The standard InChI is InChI=1S/C73H141NO5/c1-3-5-7-9-11-13-15-17-18-36-40-43-47-51-55-59-63-67-73(78)79-68-64-60-56-52-48-44-41-38-35-33-31-29-27-25-23-21-19-20-22-24-26-28-30-32-34-37-39-42-46-50-54-58-62-66-72(77)74-70(69-75)71(76)65-61-57-53-49-45-16-14-12-10-8-6-4-2/h23,25,61,65,70-71,75-76H,3-22,24,26-60,62-64,66-69H2,1-2H3,(H,74,77)/b25-23-,65-61+.